The van der Waals surface area contributed by atoms with E-state index >= 15 is 0 Å². The number of benzene rings is 3. The van der Waals surface area contributed by atoms with Gasteiger partial charge in [0.25, 0.3) is 5.91 Å². The summed E-state index contributed by atoms with van der Waals surface area (Å²) >= 11 is 6.78. The molecule has 3 aromatic carbocycles. The van der Waals surface area contributed by atoms with Gasteiger partial charge in [-0.2, -0.15) is 4.98 Å². The maximum absolute atomic E-state index is 13.0. The van der Waals surface area contributed by atoms with Crippen LogP contribution in [0.4, 0.5) is 11.4 Å². The largest absolute Gasteiger partial charge is 0.368 e. The summed E-state index contributed by atoms with van der Waals surface area (Å²) in [4.78, 5) is 22.3. The summed E-state index contributed by atoms with van der Waals surface area (Å²) in [5, 5.41) is 7.93. The number of nitrogens with one attached hydrogen (secondary N) is 1. The van der Waals surface area contributed by atoms with E-state index < -0.39 is 0 Å². The number of hydrogen-bond donors (Lipinski definition) is 1. The van der Waals surface area contributed by atoms with Crippen LogP contribution in [0.1, 0.15) is 54.2 Å². The van der Waals surface area contributed by atoms with Gasteiger partial charge in [-0.15, -0.1) is 0 Å². The first-order valence-corrected chi connectivity index (χ1v) is 13.3. The van der Waals surface area contributed by atoms with Crippen LogP contribution >= 0.6 is 11.6 Å². The van der Waals surface area contributed by atoms with Crippen molar-refractivity contribution in [1.29, 1.82) is 0 Å². The number of hydrogen-bond acceptors (Lipinski definition) is 6. The average Bonchev–Trinajstić information content (AvgIpc) is 3.38. The van der Waals surface area contributed by atoms with Crippen molar-refractivity contribution in [2.75, 3.05) is 36.4 Å². The molecule has 1 aromatic heterocycles. The number of amides is 1. The van der Waals surface area contributed by atoms with Crippen molar-refractivity contribution in [3.8, 4) is 11.4 Å². The first-order chi connectivity index (χ1) is 18.3. The number of aromatic nitrogens is 2. The molecule has 2 aliphatic heterocycles. The highest BCUT2D eigenvalue weighted by Crippen LogP contribution is 2.39. The van der Waals surface area contributed by atoms with Crippen molar-refractivity contribution >= 4 is 28.9 Å². The fourth-order valence-corrected chi connectivity index (χ4v) is 5.61. The number of halogens is 1. The van der Waals surface area contributed by atoms with Gasteiger partial charge in [0.2, 0.25) is 11.7 Å². The van der Waals surface area contributed by atoms with Crippen molar-refractivity contribution in [1.82, 2.24) is 15.0 Å². The molecule has 0 bridgehead atoms. The van der Waals surface area contributed by atoms with Crippen LogP contribution in [0.2, 0.25) is 5.02 Å². The molecule has 1 unspecified atom stereocenters. The highest BCUT2D eigenvalue weighted by Gasteiger charge is 2.33. The molecule has 6 rings (SSSR count). The zero-order valence-electron chi connectivity index (χ0n) is 21.7. The van der Waals surface area contributed by atoms with Gasteiger partial charge >= 0.3 is 0 Å². The molecule has 1 amide bonds. The van der Waals surface area contributed by atoms with Gasteiger partial charge in [-0.1, -0.05) is 73.9 Å². The molecular formula is C30H30ClN5O2. The van der Waals surface area contributed by atoms with Gasteiger partial charge in [0, 0.05) is 48.4 Å². The summed E-state index contributed by atoms with van der Waals surface area (Å²) < 4.78 is 5.46. The third kappa shape index (κ3) is 4.46. The van der Waals surface area contributed by atoms with Crippen molar-refractivity contribution in [2.45, 2.75) is 32.2 Å². The number of piperazine rings is 1. The fourth-order valence-electron chi connectivity index (χ4n) is 5.31. The van der Waals surface area contributed by atoms with Crippen LogP contribution in [0.15, 0.2) is 71.3 Å². The lowest BCUT2D eigenvalue weighted by Crippen LogP contribution is -2.48. The van der Waals surface area contributed by atoms with Gasteiger partial charge in [0.1, 0.15) is 0 Å². The average molecular weight is 528 g/mol. The Kier molecular flexibility index (Phi) is 6.20. The Morgan fingerprint density at radius 1 is 0.947 bits per heavy atom. The molecule has 194 valence electrons. The van der Waals surface area contributed by atoms with Gasteiger partial charge in [0.05, 0.1) is 16.8 Å². The smallest absolute Gasteiger partial charge is 0.256 e. The van der Waals surface area contributed by atoms with Crippen LogP contribution in [-0.4, -0.2) is 47.1 Å². The standard InChI is InChI=1S/C30H30ClN5O2/c1-30(2,3)29-33-27(34-38-29)19-12-13-25(23(31)18-19)35-14-16-36(17-15-35)26-20-8-4-5-9-21(20)28(37)32-24-11-7-6-10-22(24)26/h4-13,18,26H,14-17H2,1-3H3,(H,32,37). The van der Waals surface area contributed by atoms with E-state index in [2.05, 4.69) is 37.4 Å². The van der Waals surface area contributed by atoms with Crippen molar-refractivity contribution in [2.24, 2.45) is 0 Å². The zero-order valence-corrected chi connectivity index (χ0v) is 22.5. The number of carbonyl (C=O) groups is 1. The molecule has 2 aliphatic rings. The second-order valence-electron chi connectivity index (χ2n) is 10.9. The molecule has 0 spiro atoms. The molecule has 4 aromatic rings. The molecular weight excluding hydrogens is 498 g/mol. The zero-order chi connectivity index (χ0) is 26.4. The lowest BCUT2D eigenvalue weighted by atomic mass is 9.93. The Balaban J connectivity index is 1.24. The molecule has 1 atom stereocenters. The van der Waals surface area contributed by atoms with E-state index in [1.165, 1.54) is 0 Å². The van der Waals surface area contributed by atoms with Crippen LogP contribution in [-0.2, 0) is 5.41 Å². The van der Waals surface area contributed by atoms with E-state index in [1.807, 2.05) is 75.4 Å². The van der Waals surface area contributed by atoms with E-state index in [0.29, 0.717) is 16.7 Å². The minimum Gasteiger partial charge on any atom is -0.368 e. The Bertz CT molecular complexity index is 1500. The molecule has 8 heteroatoms. The Morgan fingerprint density at radius 2 is 1.66 bits per heavy atom. The predicted molar refractivity (Wildman–Crippen MR) is 150 cm³/mol. The summed E-state index contributed by atoms with van der Waals surface area (Å²) in [6, 6.07) is 22.0. The third-order valence-electron chi connectivity index (χ3n) is 7.30. The van der Waals surface area contributed by atoms with Crippen LogP contribution in [0.25, 0.3) is 11.4 Å². The number of para-hydroxylation sites is 1. The fraction of sp³-hybridized carbons (Fsp3) is 0.300. The maximum atomic E-state index is 13.0. The van der Waals surface area contributed by atoms with Crippen molar-refractivity contribution in [3.63, 3.8) is 0 Å². The number of carbonyl (C=O) groups excluding carboxylic acids is 1. The number of rotatable bonds is 3. The minimum absolute atomic E-state index is 0.00315. The lowest BCUT2D eigenvalue weighted by molar-refractivity contribution is 0.102. The Labute approximate surface area is 227 Å². The quantitative estimate of drug-likeness (QED) is 0.343. The van der Waals surface area contributed by atoms with E-state index in [1.54, 1.807) is 0 Å². The van der Waals surface area contributed by atoms with Crippen LogP contribution in [0, 0.1) is 0 Å². The van der Waals surface area contributed by atoms with Crippen molar-refractivity contribution in [3.05, 3.63) is 94.3 Å². The van der Waals surface area contributed by atoms with Gasteiger partial charge in [-0.3, -0.25) is 9.69 Å². The third-order valence-corrected chi connectivity index (χ3v) is 7.60. The molecule has 1 saturated heterocycles. The molecule has 0 aliphatic carbocycles. The minimum atomic E-state index is -0.212. The second kappa shape index (κ2) is 9.57. The van der Waals surface area contributed by atoms with Gasteiger partial charge < -0.3 is 14.7 Å². The molecule has 0 radical (unpaired) electrons. The Hall–Kier alpha value is -3.68. The molecule has 0 saturated carbocycles. The monoisotopic (exact) mass is 527 g/mol. The van der Waals surface area contributed by atoms with Crippen LogP contribution in [0.3, 0.4) is 0 Å². The number of nitrogens with zero attached hydrogens (tertiary/aromatic N) is 4. The summed E-state index contributed by atoms with van der Waals surface area (Å²) in [5.41, 5.74) is 5.38. The number of fused-ring (bicyclic) bond motifs is 2. The number of anilines is 2. The summed E-state index contributed by atoms with van der Waals surface area (Å²) in [6.07, 6.45) is 0. The highest BCUT2D eigenvalue weighted by atomic mass is 35.5. The second-order valence-corrected chi connectivity index (χ2v) is 11.3. The van der Waals surface area contributed by atoms with E-state index in [9.17, 15) is 4.79 Å². The molecule has 38 heavy (non-hydrogen) atoms. The van der Waals surface area contributed by atoms with Crippen LogP contribution in [0.5, 0.6) is 0 Å². The van der Waals surface area contributed by atoms with Crippen LogP contribution < -0.4 is 10.2 Å². The van der Waals surface area contributed by atoms with Crippen molar-refractivity contribution < 1.29 is 9.32 Å². The van der Waals surface area contributed by atoms with E-state index in [0.717, 1.165) is 59.8 Å². The summed E-state index contributed by atoms with van der Waals surface area (Å²) in [7, 11) is 0. The first kappa shape index (κ1) is 24.6. The first-order valence-electron chi connectivity index (χ1n) is 12.9. The van der Waals surface area contributed by atoms with E-state index in [-0.39, 0.29) is 17.4 Å². The molecule has 3 heterocycles. The Morgan fingerprint density at radius 3 is 2.37 bits per heavy atom. The SMILES string of the molecule is CC(C)(C)c1nc(-c2ccc(N3CCN(C4c5ccccc5NC(=O)c5ccccc54)CC3)c(Cl)c2)no1. The van der Waals surface area contributed by atoms with E-state index in [4.69, 9.17) is 16.1 Å². The lowest BCUT2D eigenvalue weighted by Gasteiger charge is -2.41. The summed E-state index contributed by atoms with van der Waals surface area (Å²) in [5.74, 6) is 1.08. The van der Waals surface area contributed by atoms with Gasteiger partial charge in [-0.25, -0.2) is 0 Å². The van der Waals surface area contributed by atoms with Gasteiger partial charge in [0.15, 0.2) is 0 Å². The molecule has 1 N–H and O–H groups in total. The molecule has 1 fully saturated rings. The van der Waals surface area contributed by atoms with Gasteiger partial charge in [-0.05, 0) is 41.5 Å². The highest BCUT2D eigenvalue weighted by molar-refractivity contribution is 6.33. The summed E-state index contributed by atoms with van der Waals surface area (Å²) in [6.45, 7) is 9.43. The normalized spacial score (nSPS) is 17.9. The predicted octanol–water partition coefficient (Wildman–Crippen LogP) is 6.16. The molecule has 7 nitrogen and oxygen atoms in total. The maximum Gasteiger partial charge on any atom is 0.256 e. The topological polar surface area (TPSA) is 74.5 Å².